The van der Waals surface area contributed by atoms with Crippen LogP contribution in [-0.2, 0) is 19.4 Å². The summed E-state index contributed by atoms with van der Waals surface area (Å²) in [5, 5.41) is 0. The molecule has 0 spiro atoms. The van der Waals surface area contributed by atoms with Crippen molar-refractivity contribution < 1.29 is 21.9 Å². The van der Waals surface area contributed by atoms with Crippen LogP contribution in [0.1, 0.15) is 64.2 Å². The molecule has 4 fully saturated rings. The third-order valence-corrected chi connectivity index (χ3v) is 7.97. The van der Waals surface area contributed by atoms with Crippen molar-refractivity contribution in [2.45, 2.75) is 70.3 Å². The lowest BCUT2D eigenvalue weighted by Crippen LogP contribution is -2.51. The first kappa shape index (κ1) is 17.0. The number of rotatable bonds is 2. The zero-order valence-corrected chi connectivity index (χ0v) is 14.9. The molecule has 136 valence electrons. The summed E-state index contributed by atoms with van der Waals surface area (Å²) < 4.78 is 35.5. The largest absolute Gasteiger partial charge is 0.398 e. The predicted octanol–water partition coefficient (Wildman–Crippen LogP) is 3.40. The monoisotopic (exact) mass is 356 g/mol. The summed E-state index contributed by atoms with van der Waals surface area (Å²) in [6.07, 6.45) is 10.4. The van der Waals surface area contributed by atoms with E-state index in [2.05, 4.69) is 4.18 Å². The lowest BCUT2D eigenvalue weighted by molar-refractivity contribution is -0.143. The molecule has 7 unspecified atom stereocenters. The van der Waals surface area contributed by atoms with Crippen LogP contribution in [0, 0.1) is 35.5 Å². The number of hydrogen-bond acceptors (Lipinski definition) is 4. The van der Waals surface area contributed by atoms with E-state index in [0.29, 0.717) is 18.3 Å². The van der Waals surface area contributed by atoms with Gasteiger partial charge in [0.25, 0.3) is 0 Å². The molecule has 5 nitrogen and oxygen atoms in total. The van der Waals surface area contributed by atoms with Gasteiger partial charge < -0.3 is 0 Å². The van der Waals surface area contributed by atoms with Gasteiger partial charge in [-0.25, -0.2) is 4.18 Å². The van der Waals surface area contributed by atoms with Crippen molar-refractivity contribution in [3.8, 4) is 0 Å². The predicted molar refractivity (Wildman–Crippen MR) is 88.5 cm³/mol. The first-order valence-electron chi connectivity index (χ1n) is 9.63. The number of carbonyl (C=O) groups is 1. The van der Waals surface area contributed by atoms with E-state index in [1.54, 1.807) is 0 Å². The number of ketones is 1. The van der Waals surface area contributed by atoms with Crippen molar-refractivity contribution in [1.82, 2.24) is 0 Å². The quantitative estimate of drug-likeness (QED) is 0.767. The molecule has 6 heteroatoms. The molecule has 1 N–H and O–H groups in total. The summed E-state index contributed by atoms with van der Waals surface area (Å²) in [6.45, 7) is 0. The molecule has 7 atom stereocenters. The average Bonchev–Trinajstić information content (AvgIpc) is 2.55. The van der Waals surface area contributed by atoms with Gasteiger partial charge in [-0.1, -0.05) is 19.3 Å². The Morgan fingerprint density at radius 2 is 1.46 bits per heavy atom. The van der Waals surface area contributed by atoms with Gasteiger partial charge in [0, 0.05) is 5.92 Å². The lowest BCUT2D eigenvalue weighted by Gasteiger charge is -2.54. The molecule has 0 heterocycles. The molecule has 0 aromatic rings. The lowest BCUT2D eigenvalue weighted by atomic mass is 9.51. The van der Waals surface area contributed by atoms with E-state index in [4.69, 9.17) is 4.55 Å². The van der Waals surface area contributed by atoms with E-state index in [1.165, 1.54) is 38.5 Å². The molecule has 0 aromatic carbocycles. The van der Waals surface area contributed by atoms with Crippen molar-refractivity contribution >= 4 is 16.2 Å². The van der Waals surface area contributed by atoms with E-state index >= 15 is 0 Å². The molecular weight excluding hydrogens is 328 g/mol. The maximum absolute atomic E-state index is 12.7. The average molecular weight is 356 g/mol. The summed E-state index contributed by atoms with van der Waals surface area (Å²) in [5.74, 6) is 3.43. The molecule has 4 aliphatic carbocycles. The third kappa shape index (κ3) is 3.06. The van der Waals surface area contributed by atoms with E-state index in [0.717, 1.165) is 37.0 Å². The van der Waals surface area contributed by atoms with Gasteiger partial charge in [0.05, 0.1) is 0 Å². The minimum absolute atomic E-state index is 0.0631. The number of fused-ring (bicyclic) bond motifs is 5. The smallest absolute Gasteiger partial charge is 0.296 e. The molecule has 0 bridgehead atoms. The van der Waals surface area contributed by atoms with Crippen LogP contribution in [0.5, 0.6) is 0 Å². The Balaban J connectivity index is 1.49. The number of carbonyl (C=O) groups excluding carboxylic acids is 1. The summed E-state index contributed by atoms with van der Waals surface area (Å²) in [6, 6.07) is 0. The Bertz CT molecular complexity index is 601. The zero-order valence-electron chi connectivity index (χ0n) is 14.1. The second-order valence-electron chi connectivity index (χ2n) is 8.45. The maximum Gasteiger partial charge on any atom is 0.398 e. The van der Waals surface area contributed by atoms with Crippen molar-refractivity contribution in [2.24, 2.45) is 35.5 Å². The highest BCUT2D eigenvalue weighted by Gasteiger charge is 2.52. The molecule has 4 aliphatic rings. The second kappa shape index (κ2) is 6.36. The topological polar surface area (TPSA) is 80.7 Å². The fourth-order valence-corrected chi connectivity index (χ4v) is 7.16. The Morgan fingerprint density at radius 1 is 0.792 bits per heavy atom. The first-order valence-corrected chi connectivity index (χ1v) is 11.0. The van der Waals surface area contributed by atoms with Gasteiger partial charge in [-0.05, 0) is 74.5 Å². The Hall–Kier alpha value is -0.460. The molecule has 0 radical (unpaired) electrons. The molecule has 0 aliphatic heterocycles. The highest BCUT2D eigenvalue weighted by molar-refractivity contribution is 7.80. The van der Waals surface area contributed by atoms with Crippen molar-refractivity contribution in [3.63, 3.8) is 0 Å². The fourth-order valence-electron chi connectivity index (χ4n) is 6.68. The van der Waals surface area contributed by atoms with Crippen LogP contribution in [-0.4, -0.2) is 24.9 Å². The van der Waals surface area contributed by atoms with Crippen molar-refractivity contribution in [1.29, 1.82) is 0 Å². The van der Waals surface area contributed by atoms with Gasteiger partial charge >= 0.3 is 10.4 Å². The first-order chi connectivity index (χ1) is 11.4. The number of Topliss-reactive ketones (excluding diaryl/α,β-unsaturated/α-hetero) is 1. The molecule has 4 saturated carbocycles. The molecule has 24 heavy (non-hydrogen) atoms. The maximum atomic E-state index is 12.7. The Kier molecular flexibility index (Phi) is 4.50. The summed E-state index contributed by atoms with van der Waals surface area (Å²) in [5.41, 5.74) is 0. The van der Waals surface area contributed by atoms with Crippen LogP contribution in [0.15, 0.2) is 0 Å². The third-order valence-electron chi connectivity index (χ3n) is 7.50. The highest BCUT2D eigenvalue weighted by atomic mass is 32.3. The summed E-state index contributed by atoms with van der Waals surface area (Å²) in [7, 11) is -4.55. The minimum Gasteiger partial charge on any atom is -0.296 e. The Labute approximate surface area is 144 Å². The van der Waals surface area contributed by atoms with Gasteiger partial charge in [0.15, 0.2) is 5.78 Å². The fraction of sp³-hybridized carbons (Fsp3) is 0.944. The molecule has 4 rings (SSSR count). The van der Waals surface area contributed by atoms with Crippen molar-refractivity contribution in [3.05, 3.63) is 0 Å². The number of hydrogen-bond donors (Lipinski definition) is 1. The zero-order chi connectivity index (χ0) is 16.9. The summed E-state index contributed by atoms with van der Waals surface area (Å²) >= 11 is 0. The van der Waals surface area contributed by atoms with Crippen LogP contribution >= 0.6 is 0 Å². The van der Waals surface area contributed by atoms with E-state index in [-0.39, 0.29) is 11.7 Å². The standard InChI is InChI=1S/C18H28O5S/c19-18-16-8-7-13-12-4-2-1-3-11(12)5-6-14(13)15(16)9-10-17(18)23-24(20,21)22/h11-17H,1-10H2,(H,20,21,22). The van der Waals surface area contributed by atoms with Gasteiger partial charge in [0.1, 0.15) is 6.10 Å². The minimum atomic E-state index is -4.55. The van der Waals surface area contributed by atoms with Gasteiger partial charge in [-0.15, -0.1) is 0 Å². The van der Waals surface area contributed by atoms with Crippen LogP contribution in [0.2, 0.25) is 0 Å². The highest BCUT2D eigenvalue weighted by Crippen LogP contribution is 2.56. The van der Waals surface area contributed by atoms with Crippen LogP contribution < -0.4 is 0 Å². The van der Waals surface area contributed by atoms with E-state index in [9.17, 15) is 13.2 Å². The van der Waals surface area contributed by atoms with Crippen LogP contribution in [0.25, 0.3) is 0 Å². The van der Waals surface area contributed by atoms with Crippen LogP contribution in [0.3, 0.4) is 0 Å². The van der Waals surface area contributed by atoms with Crippen molar-refractivity contribution in [2.75, 3.05) is 0 Å². The van der Waals surface area contributed by atoms with E-state index in [1.807, 2.05) is 0 Å². The molecular formula is C18H28O5S. The normalized spacial score (nSPS) is 45.9. The Morgan fingerprint density at radius 3 is 2.25 bits per heavy atom. The molecule has 0 aromatic heterocycles. The summed E-state index contributed by atoms with van der Waals surface area (Å²) in [4.78, 5) is 12.7. The van der Waals surface area contributed by atoms with E-state index < -0.39 is 16.5 Å². The molecule has 0 amide bonds. The molecule has 0 saturated heterocycles. The second-order valence-corrected chi connectivity index (χ2v) is 9.50. The SMILES string of the molecule is O=C1C(OS(=O)(=O)O)CCC2C1CCC1C3CCCCC3CCC21. The van der Waals surface area contributed by atoms with Gasteiger partial charge in [0.2, 0.25) is 0 Å². The van der Waals surface area contributed by atoms with Gasteiger partial charge in [-0.2, -0.15) is 8.42 Å². The van der Waals surface area contributed by atoms with Crippen LogP contribution in [0.4, 0.5) is 0 Å². The van der Waals surface area contributed by atoms with Gasteiger partial charge in [-0.3, -0.25) is 9.35 Å².